The van der Waals surface area contributed by atoms with Crippen LogP contribution in [0.3, 0.4) is 0 Å². The van der Waals surface area contributed by atoms with Gasteiger partial charge in [0.25, 0.3) is 5.91 Å². The summed E-state index contributed by atoms with van der Waals surface area (Å²) in [5.41, 5.74) is 0.603. The highest BCUT2D eigenvalue weighted by Crippen LogP contribution is 2.25. The maximum absolute atomic E-state index is 12.3. The minimum atomic E-state index is -0.0605. The highest BCUT2D eigenvalue weighted by molar-refractivity contribution is 5.93. The molecule has 0 spiro atoms. The third-order valence-electron chi connectivity index (χ3n) is 4.34. The molecular weight excluding hydrogens is 268 g/mol. The highest BCUT2D eigenvalue weighted by Gasteiger charge is 2.35. The molecule has 2 rings (SSSR count). The summed E-state index contributed by atoms with van der Waals surface area (Å²) in [7, 11) is 4.13. The molecule has 2 heterocycles. The van der Waals surface area contributed by atoms with Crippen molar-refractivity contribution in [3.63, 3.8) is 0 Å². The quantitative estimate of drug-likeness (QED) is 0.889. The monoisotopic (exact) mass is 294 g/mol. The van der Waals surface area contributed by atoms with E-state index in [1.54, 1.807) is 17.1 Å². The summed E-state index contributed by atoms with van der Waals surface area (Å²) < 4.78 is 7.24. The summed E-state index contributed by atoms with van der Waals surface area (Å²) in [6.07, 6.45) is 5.30. The van der Waals surface area contributed by atoms with Crippen LogP contribution in [0.5, 0.6) is 0 Å². The molecule has 1 aromatic heterocycles. The van der Waals surface area contributed by atoms with E-state index in [1.807, 2.05) is 13.8 Å². The zero-order valence-electron chi connectivity index (χ0n) is 13.4. The van der Waals surface area contributed by atoms with Crippen molar-refractivity contribution in [2.75, 3.05) is 33.9 Å². The first-order chi connectivity index (χ1) is 9.94. The number of nitrogens with one attached hydrogen (secondary N) is 1. The summed E-state index contributed by atoms with van der Waals surface area (Å²) in [6, 6.07) is 0.259. The van der Waals surface area contributed by atoms with Crippen molar-refractivity contribution in [1.82, 2.24) is 20.0 Å². The van der Waals surface area contributed by atoms with E-state index in [-0.39, 0.29) is 17.5 Å². The second-order valence-electron chi connectivity index (χ2n) is 6.22. The van der Waals surface area contributed by atoms with Crippen LogP contribution in [0.1, 0.15) is 43.1 Å². The molecule has 6 nitrogen and oxygen atoms in total. The van der Waals surface area contributed by atoms with Crippen LogP contribution >= 0.6 is 0 Å². The van der Waals surface area contributed by atoms with E-state index in [4.69, 9.17) is 4.74 Å². The molecule has 1 aliphatic heterocycles. The topological polar surface area (TPSA) is 59.4 Å². The summed E-state index contributed by atoms with van der Waals surface area (Å²) in [5.74, 6) is -0.0605. The average Bonchev–Trinajstić information content (AvgIpc) is 2.95. The molecule has 1 saturated heterocycles. The Balaban J connectivity index is 1.98. The van der Waals surface area contributed by atoms with Crippen LogP contribution in [0.15, 0.2) is 12.4 Å². The number of hydrogen-bond donors (Lipinski definition) is 1. The first kappa shape index (κ1) is 16.0. The van der Waals surface area contributed by atoms with Gasteiger partial charge in [0.15, 0.2) is 0 Å². The molecule has 1 aromatic rings. The molecule has 6 heteroatoms. The fourth-order valence-corrected chi connectivity index (χ4v) is 2.62. The van der Waals surface area contributed by atoms with Gasteiger partial charge < -0.3 is 15.0 Å². The first-order valence-corrected chi connectivity index (χ1v) is 7.52. The number of likely N-dealkylation sites (N-methyl/N-ethyl adjacent to an activating group) is 1. The van der Waals surface area contributed by atoms with E-state index in [1.165, 1.54) is 0 Å². The van der Waals surface area contributed by atoms with E-state index in [0.29, 0.717) is 12.1 Å². The van der Waals surface area contributed by atoms with Crippen molar-refractivity contribution >= 4 is 5.91 Å². The van der Waals surface area contributed by atoms with Crippen molar-refractivity contribution in [2.45, 2.75) is 38.3 Å². The largest absolute Gasteiger partial charge is 0.381 e. The molecule has 0 radical (unpaired) electrons. The van der Waals surface area contributed by atoms with E-state index in [2.05, 4.69) is 29.4 Å². The number of rotatable bonds is 5. The minimum Gasteiger partial charge on any atom is -0.381 e. The lowest BCUT2D eigenvalue weighted by atomic mass is 9.88. The Morgan fingerprint density at radius 3 is 2.67 bits per heavy atom. The van der Waals surface area contributed by atoms with Gasteiger partial charge in [-0.1, -0.05) is 0 Å². The predicted octanol–water partition coefficient (Wildman–Crippen LogP) is 1.30. The van der Waals surface area contributed by atoms with Crippen LogP contribution < -0.4 is 5.32 Å². The standard InChI is InChI=1S/C15H26N4O2/c1-12(2)19-10-13(9-17-19)14(20)16-11-15(18(3)4)5-7-21-8-6-15/h9-10,12H,5-8,11H2,1-4H3,(H,16,20). The molecule has 1 fully saturated rings. The third-order valence-corrected chi connectivity index (χ3v) is 4.34. The van der Waals surface area contributed by atoms with Crippen molar-refractivity contribution in [3.05, 3.63) is 18.0 Å². The third kappa shape index (κ3) is 3.63. The van der Waals surface area contributed by atoms with E-state index >= 15 is 0 Å². The van der Waals surface area contributed by atoms with Gasteiger partial charge in [0.2, 0.25) is 0 Å². The number of amides is 1. The normalized spacial score (nSPS) is 18.2. The minimum absolute atomic E-state index is 0.0120. The summed E-state index contributed by atoms with van der Waals surface area (Å²) in [4.78, 5) is 14.5. The fraction of sp³-hybridized carbons (Fsp3) is 0.733. The van der Waals surface area contributed by atoms with Gasteiger partial charge in [0.1, 0.15) is 0 Å². The second kappa shape index (κ2) is 6.58. The Kier molecular flexibility index (Phi) is 5.00. The smallest absolute Gasteiger partial charge is 0.254 e. The van der Waals surface area contributed by atoms with E-state index in [9.17, 15) is 4.79 Å². The van der Waals surface area contributed by atoms with Gasteiger partial charge in [0, 0.05) is 37.5 Å². The zero-order chi connectivity index (χ0) is 15.5. The maximum atomic E-state index is 12.3. The van der Waals surface area contributed by atoms with Gasteiger partial charge in [-0.15, -0.1) is 0 Å². The van der Waals surface area contributed by atoms with Crippen molar-refractivity contribution in [3.8, 4) is 0 Å². The van der Waals surface area contributed by atoms with Gasteiger partial charge >= 0.3 is 0 Å². The lowest BCUT2D eigenvalue weighted by Gasteiger charge is -2.42. The molecule has 1 aliphatic rings. The van der Waals surface area contributed by atoms with Crippen molar-refractivity contribution in [2.24, 2.45) is 0 Å². The Bertz CT molecular complexity index is 476. The zero-order valence-corrected chi connectivity index (χ0v) is 13.4. The Morgan fingerprint density at radius 1 is 1.48 bits per heavy atom. The van der Waals surface area contributed by atoms with Gasteiger partial charge in [-0.3, -0.25) is 9.48 Å². The SMILES string of the molecule is CC(C)n1cc(C(=O)NCC2(N(C)C)CCOCC2)cn1. The van der Waals surface area contributed by atoms with Gasteiger partial charge in [-0.25, -0.2) is 0 Å². The molecule has 118 valence electrons. The number of carbonyl (C=O) groups excluding carboxylic acids is 1. The van der Waals surface area contributed by atoms with Crippen LogP contribution in [0.2, 0.25) is 0 Å². The number of carbonyl (C=O) groups is 1. The van der Waals surface area contributed by atoms with Gasteiger partial charge in [-0.2, -0.15) is 5.10 Å². The van der Waals surface area contributed by atoms with Crippen molar-refractivity contribution < 1.29 is 9.53 Å². The molecule has 0 saturated carbocycles. The predicted molar refractivity (Wildman–Crippen MR) is 81.4 cm³/mol. The second-order valence-corrected chi connectivity index (χ2v) is 6.22. The molecule has 0 aromatic carbocycles. The van der Waals surface area contributed by atoms with Gasteiger partial charge in [0.05, 0.1) is 11.8 Å². The molecule has 0 atom stereocenters. The van der Waals surface area contributed by atoms with Crippen LogP contribution in [-0.2, 0) is 4.74 Å². The maximum Gasteiger partial charge on any atom is 0.254 e. The number of aromatic nitrogens is 2. The number of nitrogens with zero attached hydrogens (tertiary/aromatic N) is 3. The lowest BCUT2D eigenvalue weighted by molar-refractivity contribution is -0.00658. The lowest BCUT2D eigenvalue weighted by Crippen LogP contribution is -2.55. The number of ether oxygens (including phenoxy) is 1. The van der Waals surface area contributed by atoms with Crippen molar-refractivity contribution in [1.29, 1.82) is 0 Å². The first-order valence-electron chi connectivity index (χ1n) is 7.52. The van der Waals surface area contributed by atoms with Crippen LogP contribution in [0, 0.1) is 0 Å². The Labute approximate surface area is 126 Å². The molecule has 21 heavy (non-hydrogen) atoms. The molecule has 1 amide bonds. The van der Waals surface area contributed by atoms with Crippen LogP contribution in [-0.4, -0.2) is 60.0 Å². The van der Waals surface area contributed by atoms with E-state index in [0.717, 1.165) is 26.1 Å². The van der Waals surface area contributed by atoms with Crippen LogP contribution in [0.25, 0.3) is 0 Å². The molecule has 0 unspecified atom stereocenters. The summed E-state index contributed by atoms with van der Waals surface area (Å²) in [5, 5.41) is 7.26. The van der Waals surface area contributed by atoms with Gasteiger partial charge in [-0.05, 0) is 40.8 Å². The Hall–Kier alpha value is -1.40. The molecule has 1 N–H and O–H groups in total. The molecule has 0 bridgehead atoms. The summed E-state index contributed by atoms with van der Waals surface area (Å²) in [6.45, 7) is 6.21. The fourth-order valence-electron chi connectivity index (χ4n) is 2.62. The summed E-state index contributed by atoms with van der Waals surface area (Å²) >= 11 is 0. The van der Waals surface area contributed by atoms with Crippen LogP contribution in [0.4, 0.5) is 0 Å². The number of hydrogen-bond acceptors (Lipinski definition) is 4. The Morgan fingerprint density at radius 2 is 2.14 bits per heavy atom. The average molecular weight is 294 g/mol. The highest BCUT2D eigenvalue weighted by atomic mass is 16.5. The van der Waals surface area contributed by atoms with E-state index < -0.39 is 0 Å². The molecular formula is C15H26N4O2. The molecule has 0 aliphatic carbocycles.